The van der Waals surface area contributed by atoms with Gasteiger partial charge in [0.2, 0.25) is 0 Å². The lowest BCUT2D eigenvalue weighted by molar-refractivity contribution is 0.415. The van der Waals surface area contributed by atoms with Gasteiger partial charge in [0.15, 0.2) is 0 Å². The lowest BCUT2D eigenvalue weighted by atomic mass is 10.1. The van der Waals surface area contributed by atoms with E-state index >= 15 is 0 Å². The second kappa shape index (κ2) is 4.30. The fraction of sp³-hybridized carbons (Fsp3) is 0.308. The van der Waals surface area contributed by atoms with Crippen molar-refractivity contribution in [3.05, 3.63) is 34.5 Å². The predicted molar refractivity (Wildman–Crippen MR) is 67.4 cm³/mol. The SMILES string of the molecule is CCc1nc2ccc(OC)cc2c(Cl)c1C. The van der Waals surface area contributed by atoms with Gasteiger partial charge in [0.25, 0.3) is 0 Å². The molecule has 84 valence electrons. The van der Waals surface area contributed by atoms with Crippen LogP contribution in [0.2, 0.25) is 5.02 Å². The zero-order chi connectivity index (χ0) is 11.7. The van der Waals surface area contributed by atoms with Gasteiger partial charge in [0, 0.05) is 11.1 Å². The number of hydrogen-bond donors (Lipinski definition) is 0. The maximum absolute atomic E-state index is 6.34. The van der Waals surface area contributed by atoms with Crippen LogP contribution in [-0.4, -0.2) is 12.1 Å². The summed E-state index contributed by atoms with van der Waals surface area (Å²) in [6.07, 6.45) is 0.896. The molecule has 0 amide bonds. The summed E-state index contributed by atoms with van der Waals surface area (Å²) < 4.78 is 5.19. The third-order valence-corrected chi connectivity index (χ3v) is 3.28. The molecule has 0 aliphatic heterocycles. The van der Waals surface area contributed by atoms with E-state index in [1.165, 1.54) is 0 Å². The minimum absolute atomic E-state index is 0.778. The molecule has 3 heteroatoms. The fourth-order valence-corrected chi connectivity index (χ4v) is 2.08. The van der Waals surface area contributed by atoms with Crippen molar-refractivity contribution in [2.75, 3.05) is 7.11 Å². The van der Waals surface area contributed by atoms with Gasteiger partial charge in [-0.25, -0.2) is 0 Å². The Labute approximate surface area is 100 Å². The Balaban J connectivity index is 2.77. The smallest absolute Gasteiger partial charge is 0.119 e. The molecular formula is C13H14ClNO. The summed E-state index contributed by atoms with van der Waals surface area (Å²) in [5.41, 5.74) is 3.04. The number of aryl methyl sites for hydroxylation is 1. The fourth-order valence-electron chi connectivity index (χ4n) is 1.82. The highest BCUT2D eigenvalue weighted by atomic mass is 35.5. The van der Waals surface area contributed by atoms with E-state index in [4.69, 9.17) is 16.3 Å². The number of hydrogen-bond acceptors (Lipinski definition) is 2. The molecule has 0 bridgehead atoms. The summed E-state index contributed by atoms with van der Waals surface area (Å²) in [5.74, 6) is 0.805. The van der Waals surface area contributed by atoms with E-state index < -0.39 is 0 Å². The predicted octanol–water partition coefficient (Wildman–Crippen LogP) is 3.77. The molecule has 0 aliphatic carbocycles. The van der Waals surface area contributed by atoms with Crippen LogP contribution in [0, 0.1) is 6.92 Å². The zero-order valence-electron chi connectivity index (χ0n) is 9.67. The van der Waals surface area contributed by atoms with Crippen molar-refractivity contribution in [3.63, 3.8) is 0 Å². The van der Waals surface area contributed by atoms with Gasteiger partial charge in [-0.3, -0.25) is 4.98 Å². The zero-order valence-corrected chi connectivity index (χ0v) is 10.4. The highest BCUT2D eigenvalue weighted by Crippen LogP contribution is 2.30. The van der Waals surface area contributed by atoms with E-state index in [1.807, 2.05) is 25.1 Å². The minimum atomic E-state index is 0.778. The number of aromatic nitrogens is 1. The first-order valence-corrected chi connectivity index (χ1v) is 5.68. The molecular weight excluding hydrogens is 222 g/mol. The van der Waals surface area contributed by atoms with Crippen LogP contribution >= 0.6 is 11.6 Å². The van der Waals surface area contributed by atoms with E-state index in [1.54, 1.807) is 7.11 Å². The third-order valence-electron chi connectivity index (χ3n) is 2.79. The van der Waals surface area contributed by atoms with Gasteiger partial charge in [-0.1, -0.05) is 18.5 Å². The van der Waals surface area contributed by atoms with E-state index in [0.29, 0.717) is 0 Å². The summed E-state index contributed by atoms with van der Waals surface area (Å²) in [5, 5.41) is 1.73. The van der Waals surface area contributed by atoms with Crippen molar-refractivity contribution >= 4 is 22.5 Å². The molecule has 0 unspecified atom stereocenters. The van der Waals surface area contributed by atoms with Gasteiger partial charge in [0.1, 0.15) is 5.75 Å². The second-order valence-corrected chi connectivity index (χ2v) is 4.11. The molecule has 1 aromatic carbocycles. The van der Waals surface area contributed by atoms with E-state index in [9.17, 15) is 0 Å². The van der Waals surface area contributed by atoms with Crippen LogP contribution in [0.25, 0.3) is 10.9 Å². The Hall–Kier alpha value is -1.28. The molecule has 0 N–H and O–H groups in total. The topological polar surface area (TPSA) is 22.1 Å². The molecule has 1 heterocycles. The van der Waals surface area contributed by atoms with Gasteiger partial charge in [0.05, 0.1) is 17.6 Å². The summed E-state index contributed by atoms with van der Waals surface area (Å²) >= 11 is 6.34. The molecule has 2 aromatic rings. The Morgan fingerprint density at radius 3 is 2.75 bits per heavy atom. The van der Waals surface area contributed by atoms with Gasteiger partial charge < -0.3 is 4.74 Å². The van der Waals surface area contributed by atoms with Crippen molar-refractivity contribution in [1.29, 1.82) is 0 Å². The van der Waals surface area contributed by atoms with E-state index in [-0.39, 0.29) is 0 Å². The normalized spacial score (nSPS) is 10.8. The molecule has 0 radical (unpaired) electrons. The third kappa shape index (κ3) is 1.74. The average Bonchev–Trinajstić information content (AvgIpc) is 2.33. The number of halogens is 1. The van der Waals surface area contributed by atoms with E-state index in [2.05, 4.69) is 11.9 Å². The van der Waals surface area contributed by atoms with Gasteiger partial charge in [-0.15, -0.1) is 0 Å². The standard InChI is InChI=1S/C13H14ClNO/c1-4-11-8(2)13(14)10-7-9(16-3)5-6-12(10)15-11/h5-7H,4H2,1-3H3. The monoisotopic (exact) mass is 235 g/mol. The van der Waals surface area contributed by atoms with Crippen molar-refractivity contribution in [2.45, 2.75) is 20.3 Å². The Morgan fingerprint density at radius 2 is 2.12 bits per heavy atom. The summed E-state index contributed by atoms with van der Waals surface area (Å²) in [6.45, 7) is 4.09. The van der Waals surface area contributed by atoms with Gasteiger partial charge >= 0.3 is 0 Å². The van der Waals surface area contributed by atoms with Crippen LogP contribution in [0.4, 0.5) is 0 Å². The molecule has 0 saturated heterocycles. The lowest BCUT2D eigenvalue weighted by Gasteiger charge is -2.09. The molecule has 0 aliphatic rings. The van der Waals surface area contributed by atoms with Gasteiger partial charge in [-0.05, 0) is 37.1 Å². The first kappa shape index (κ1) is 11.2. The summed E-state index contributed by atoms with van der Waals surface area (Å²) in [7, 11) is 1.65. The lowest BCUT2D eigenvalue weighted by Crippen LogP contribution is -1.95. The molecule has 1 aromatic heterocycles. The quantitative estimate of drug-likeness (QED) is 0.791. The molecule has 0 fully saturated rings. The van der Waals surface area contributed by atoms with Crippen LogP contribution in [0.3, 0.4) is 0 Å². The summed E-state index contributed by atoms with van der Waals surface area (Å²) in [4.78, 5) is 4.59. The average molecular weight is 236 g/mol. The number of pyridine rings is 1. The van der Waals surface area contributed by atoms with E-state index in [0.717, 1.165) is 39.4 Å². The molecule has 0 atom stereocenters. The van der Waals surface area contributed by atoms with Crippen molar-refractivity contribution < 1.29 is 4.74 Å². The first-order chi connectivity index (χ1) is 7.67. The van der Waals surface area contributed by atoms with Crippen LogP contribution in [-0.2, 0) is 6.42 Å². The van der Waals surface area contributed by atoms with Crippen LogP contribution in [0.1, 0.15) is 18.2 Å². The first-order valence-electron chi connectivity index (χ1n) is 5.30. The molecule has 16 heavy (non-hydrogen) atoms. The molecule has 0 spiro atoms. The van der Waals surface area contributed by atoms with Crippen LogP contribution in [0.5, 0.6) is 5.75 Å². The number of nitrogens with zero attached hydrogens (tertiary/aromatic N) is 1. The number of ether oxygens (including phenoxy) is 1. The highest BCUT2D eigenvalue weighted by molar-refractivity contribution is 6.36. The maximum Gasteiger partial charge on any atom is 0.119 e. The second-order valence-electron chi connectivity index (χ2n) is 3.73. The number of fused-ring (bicyclic) bond motifs is 1. The largest absolute Gasteiger partial charge is 0.497 e. The summed E-state index contributed by atoms with van der Waals surface area (Å²) in [6, 6.07) is 5.77. The highest BCUT2D eigenvalue weighted by Gasteiger charge is 2.09. The molecule has 2 nitrogen and oxygen atoms in total. The van der Waals surface area contributed by atoms with Crippen molar-refractivity contribution in [2.24, 2.45) is 0 Å². The maximum atomic E-state index is 6.34. The van der Waals surface area contributed by atoms with Crippen molar-refractivity contribution in [3.8, 4) is 5.75 Å². The Kier molecular flexibility index (Phi) is 3.01. The van der Waals surface area contributed by atoms with Gasteiger partial charge in [-0.2, -0.15) is 0 Å². The van der Waals surface area contributed by atoms with Crippen LogP contribution < -0.4 is 4.74 Å². The number of methoxy groups -OCH3 is 1. The minimum Gasteiger partial charge on any atom is -0.497 e. The van der Waals surface area contributed by atoms with Crippen LogP contribution in [0.15, 0.2) is 18.2 Å². The molecule has 0 saturated carbocycles. The Morgan fingerprint density at radius 1 is 1.38 bits per heavy atom. The molecule has 2 rings (SSSR count). The number of rotatable bonds is 2. The number of benzene rings is 1. The Bertz CT molecular complexity index is 537. The van der Waals surface area contributed by atoms with Crippen molar-refractivity contribution in [1.82, 2.24) is 4.98 Å².